The van der Waals surface area contributed by atoms with Gasteiger partial charge in [0.25, 0.3) is 6.29 Å². The maximum absolute atomic E-state index is 10.6. The predicted octanol–water partition coefficient (Wildman–Crippen LogP) is 1.14. The Morgan fingerprint density at radius 2 is 2.45 bits per heavy atom. The molecular formula is C8H8O3. The standard InChI is InChI=1S/C8H8O3/c1-2-7(9)11-8-5-3-4-6-10-8/h2-6,8H,1H2. The second kappa shape index (κ2) is 3.61. The van der Waals surface area contributed by atoms with E-state index in [2.05, 4.69) is 6.58 Å². The first-order valence-electron chi connectivity index (χ1n) is 3.15. The molecule has 0 spiro atoms. The topological polar surface area (TPSA) is 35.5 Å². The van der Waals surface area contributed by atoms with Crippen molar-refractivity contribution in [2.24, 2.45) is 0 Å². The summed E-state index contributed by atoms with van der Waals surface area (Å²) in [6.07, 6.45) is 7.02. The molecule has 0 fully saturated rings. The molecule has 0 radical (unpaired) electrons. The Morgan fingerprint density at radius 1 is 1.64 bits per heavy atom. The Balaban J connectivity index is 2.38. The average Bonchev–Trinajstić information content (AvgIpc) is 2.06. The first-order chi connectivity index (χ1) is 5.33. The van der Waals surface area contributed by atoms with E-state index in [-0.39, 0.29) is 0 Å². The van der Waals surface area contributed by atoms with Crippen LogP contribution in [0.3, 0.4) is 0 Å². The third-order valence-corrected chi connectivity index (χ3v) is 1.07. The van der Waals surface area contributed by atoms with Crippen molar-refractivity contribution in [1.29, 1.82) is 0 Å². The van der Waals surface area contributed by atoms with E-state index in [0.717, 1.165) is 6.08 Å². The van der Waals surface area contributed by atoms with Crippen molar-refractivity contribution in [3.63, 3.8) is 0 Å². The maximum atomic E-state index is 10.6. The summed E-state index contributed by atoms with van der Waals surface area (Å²) in [7, 11) is 0. The molecule has 0 aromatic heterocycles. The van der Waals surface area contributed by atoms with Crippen LogP contribution in [0.4, 0.5) is 0 Å². The maximum Gasteiger partial charge on any atom is 0.333 e. The summed E-state index contributed by atoms with van der Waals surface area (Å²) in [5.74, 6) is -0.491. The first kappa shape index (κ1) is 7.60. The second-order valence-corrected chi connectivity index (χ2v) is 1.86. The van der Waals surface area contributed by atoms with Gasteiger partial charge in [0.15, 0.2) is 0 Å². The zero-order valence-corrected chi connectivity index (χ0v) is 5.90. The largest absolute Gasteiger partial charge is 0.459 e. The van der Waals surface area contributed by atoms with Crippen LogP contribution in [-0.2, 0) is 14.3 Å². The molecule has 1 heterocycles. The molecule has 11 heavy (non-hydrogen) atoms. The van der Waals surface area contributed by atoms with Gasteiger partial charge in [-0.15, -0.1) is 0 Å². The van der Waals surface area contributed by atoms with Gasteiger partial charge in [0.05, 0.1) is 6.26 Å². The van der Waals surface area contributed by atoms with Gasteiger partial charge in [-0.25, -0.2) is 4.79 Å². The molecule has 0 saturated heterocycles. The number of rotatable bonds is 2. The Hall–Kier alpha value is -1.51. The number of allylic oxidation sites excluding steroid dienone is 2. The van der Waals surface area contributed by atoms with Crippen molar-refractivity contribution in [2.75, 3.05) is 0 Å². The average molecular weight is 152 g/mol. The van der Waals surface area contributed by atoms with Crippen molar-refractivity contribution < 1.29 is 14.3 Å². The Bertz CT molecular complexity index is 215. The molecule has 3 heteroatoms. The number of esters is 1. The van der Waals surface area contributed by atoms with E-state index in [1.165, 1.54) is 6.26 Å². The molecule has 0 bridgehead atoms. The van der Waals surface area contributed by atoms with Crippen molar-refractivity contribution in [1.82, 2.24) is 0 Å². The van der Waals surface area contributed by atoms with Crippen LogP contribution < -0.4 is 0 Å². The predicted molar refractivity (Wildman–Crippen MR) is 39.4 cm³/mol. The van der Waals surface area contributed by atoms with Crippen molar-refractivity contribution in [3.8, 4) is 0 Å². The van der Waals surface area contributed by atoms with E-state index in [0.29, 0.717) is 0 Å². The summed E-state index contributed by atoms with van der Waals surface area (Å²) in [6.45, 7) is 3.25. The first-order valence-corrected chi connectivity index (χ1v) is 3.15. The molecule has 3 nitrogen and oxygen atoms in total. The molecule has 1 aliphatic rings. The van der Waals surface area contributed by atoms with Gasteiger partial charge >= 0.3 is 5.97 Å². The van der Waals surface area contributed by atoms with Crippen molar-refractivity contribution >= 4 is 5.97 Å². The molecule has 0 aromatic rings. The Morgan fingerprint density at radius 3 is 3.00 bits per heavy atom. The van der Waals surface area contributed by atoms with Crippen LogP contribution in [0.25, 0.3) is 0 Å². The van der Waals surface area contributed by atoms with Crippen LogP contribution in [-0.4, -0.2) is 12.3 Å². The second-order valence-electron chi connectivity index (χ2n) is 1.86. The van der Waals surface area contributed by atoms with E-state index in [1.807, 2.05) is 0 Å². The zero-order chi connectivity index (χ0) is 8.10. The summed E-state index contributed by atoms with van der Waals surface area (Å²) in [5.41, 5.74) is 0. The smallest absolute Gasteiger partial charge is 0.333 e. The minimum Gasteiger partial charge on any atom is -0.459 e. The molecule has 0 aliphatic carbocycles. The molecule has 0 amide bonds. The fourth-order valence-electron chi connectivity index (χ4n) is 0.598. The van der Waals surface area contributed by atoms with Crippen LogP contribution in [0.5, 0.6) is 0 Å². The van der Waals surface area contributed by atoms with E-state index < -0.39 is 12.3 Å². The molecule has 1 rings (SSSR count). The summed E-state index contributed by atoms with van der Waals surface area (Å²) in [4.78, 5) is 10.6. The SMILES string of the molecule is C=CC(=O)OC1C=CC=CO1. The van der Waals surface area contributed by atoms with Gasteiger partial charge in [0, 0.05) is 6.08 Å². The number of hydrogen-bond acceptors (Lipinski definition) is 3. The monoisotopic (exact) mass is 152 g/mol. The number of carbonyl (C=O) groups excluding carboxylic acids is 1. The van der Waals surface area contributed by atoms with Gasteiger partial charge in [-0.3, -0.25) is 0 Å². The summed E-state index contributed by atoms with van der Waals surface area (Å²) < 4.78 is 9.62. The highest BCUT2D eigenvalue weighted by Crippen LogP contribution is 2.03. The number of carbonyl (C=O) groups is 1. The van der Waals surface area contributed by atoms with Crippen molar-refractivity contribution in [3.05, 3.63) is 37.1 Å². The number of hydrogen-bond donors (Lipinski definition) is 0. The fourth-order valence-corrected chi connectivity index (χ4v) is 0.598. The molecule has 1 aliphatic heterocycles. The van der Waals surface area contributed by atoms with Crippen molar-refractivity contribution in [2.45, 2.75) is 6.29 Å². The molecule has 1 atom stereocenters. The molecule has 58 valence electrons. The highest BCUT2D eigenvalue weighted by Gasteiger charge is 2.08. The highest BCUT2D eigenvalue weighted by atomic mass is 16.7. The van der Waals surface area contributed by atoms with E-state index >= 15 is 0 Å². The third-order valence-electron chi connectivity index (χ3n) is 1.07. The fraction of sp³-hybridized carbons (Fsp3) is 0.125. The lowest BCUT2D eigenvalue weighted by atomic mass is 10.4. The Kier molecular flexibility index (Phi) is 2.49. The van der Waals surface area contributed by atoms with Crippen LogP contribution in [0.2, 0.25) is 0 Å². The minimum absolute atomic E-state index is 0.491. The van der Waals surface area contributed by atoms with Gasteiger partial charge in [-0.1, -0.05) is 12.7 Å². The van der Waals surface area contributed by atoms with E-state index in [1.54, 1.807) is 18.2 Å². The quantitative estimate of drug-likeness (QED) is 0.439. The molecule has 0 N–H and O–H groups in total. The van der Waals surface area contributed by atoms with Gasteiger partial charge in [-0.05, 0) is 12.2 Å². The highest BCUT2D eigenvalue weighted by molar-refractivity contribution is 5.81. The van der Waals surface area contributed by atoms with Gasteiger partial charge in [-0.2, -0.15) is 0 Å². The van der Waals surface area contributed by atoms with Gasteiger partial charge in [0.2, 0.25) is 0 Å². The van der Waals surface area contributed by atoms with Crippen LogP contribution >= 0.6 is 0 Å². The molecule has 0 saturated carbocycles. The molecule has 1 unspecified atom stereocenters. The zero-order valence-electron chi connectivity index (χ0n) is 5.90. The molecule has 0 aromatic carbocycles. The Labute approximate surface area is 64.6 Å². The van der Waals surface area contributed by atoms with Crippen LogP contribution in [0.15, 0.2) is 37.1 Å². The number of ether oxygens (including phenoxy) is 2. The summed E-state index contributed by atoms with van der Waals surface area (Å²) in [6, 6.07) is 0. The third kappa shape index (κ3) is 2.29. The normalized spacial score (nSPS) is 20.5. The van der Waals surface area contributed by atoms with Crippen LogP contribution in [0.1, 0.15) is 0 Å². The molecular weight excluding hydrogens is 144 g/mol. The minimum atomic E-state index is -0.606. The summed E-state index contributed by atoms with van der Waals surface area (Å²) in [5, 5.41) is 0. The van der Waals surface area contributed by atoms with Gasteiger partial charge < -0.3 is 9.47 Å². The summed E-state index contributed by atoms with van der Waals surface area (Å²) >= 11 is 0. The van der Waals surface area contributed by atoms with E-state index in [9.17, 15) is 4.79 Å². The lowest BCUT2D eigenvalue weighted by Gasteiger charge is -2.13. The lowest BCUT2D eigenvalue weighted by molar-refractivity contribution is -0.155. The lowest BCUT2D eigenvalue weighted by Crippen LogP contribution is -2.16. The van der Waals surface area contributed by atoms with Crippen LogP contribution in [0, 0.1) is 0 Å². The van der Waals surface area contributed by atoms with Gasteiger partial charge in [0.1, 0.15) is 0 Å². The van der Waals surface area contributed by atoms with E-state index in [4.69, 9.17) is 9.47 Å².